The fraction of sp³-hybridized carbons (Fsp3) is 0.200. The number of nitrogens with zero attached hydrogens (tertiary/aromatic N) is 5. The number of rotatable bonds is 4. The molecule has 0 saturated carbocycles. The fourth-order valence-electron chi connectivity index (χ4n) is 2.03. The number of benzene rings is 1. The lowest BCUT2D eigenvalue weighted by molar-refractivity contribution is 0.178. The van der Waals surface area contributed by atoms with E-state index in [4.69, 9.17) is 16.3 Å². The van der Waals surface area contributed by atoms with Crippen molar-refractivity contribution >= 4 is 63.6 Å². The number of ether oxygens (including phenoxy) is 1. The third kappa shape index (κ3) is 4.08. The predicted octanol–water partition coefficient (Wildman–Crippen LogP) is 3.95. The molecular formula is C15H13ClIN5O2S. The number of aromatic nitrogens is 2. The van der Waals surface area contributed by atoms with Gasteiger partial charge in [0.15, 0.2) is 11.0 Å². The van der Waals surface area contributed by atoms with Gasteiger partial charge >= 0.3 is 6.09 Å². The summed E-state index contributed by atoms with van der Waals surface area (Å²) in [5, 5.41) is 12.8. The minimum atomic E-state index is -0.702. The van der Waals surface area contributed by atoms with E-state index < -0.39 is 6.09 Å². The summed E-state index contributed by atoms with van der Waals surface area (Å²) in [6.45, 7) is 0. The summed E-state index contributed by atoms with van der Waals surface area (Å²) in [6.07, 6.45) is 2.80. The smallest absolute Gasteiger partial charge is 0.433 e. The van der Waals surface area contributed by atoms with E-state index in [-0.39, 0.29) is 16.3 Å². The first kappa shape index (κ1) is 19.6. The number of hydrazine groups is 1. The van der Waals surface area contributed by atoms with Gasteiger partial charge in [-0.05, 0) is 41.0 Å². The van der Waals surface area contributed by atoms with Crippen molar-refractivity contribution in [1.82, 2.24) is 9.97 Å². The molecule has 0 spiro atoms. The number of para-hydroxylation sites is 1. The lowest BCUT2D eigenvalue weighted by atomic mass is 10.2. The van der Waals surface area contributed by atoms with E-state index in [1.807, 2.05) is 12.3 Å². The van der Waals surface area contributed by atoms with Crippen LogP contribution in [0.25, 0.3) is 0 Å². The van der Waals surface area contributed by atoms with Crippen LogP contribution in [0.4, 0.5) is 16.3 Å². The molecule has 10 heteroatoms. The summed E-state index contributed by atoms with van der Waals surface area (Å²) in [4.78, 5) is 21.1. The quantitative estimate of drug-likeness (QED) is 0.278. The number of methoxy groups -OCH3 is 1. The maximum atomic E-state index is 12.5. The van der Waals surface area contributed by atoms with E-state index in [9.17, 15) is 10.1 Å². The number of anilines is 2. The average molecular weight is 490 g/mol. The number of amides is 1. The molecule has 0 N–H and O–H groups in total. The third-order valence-electron chi connectivity index (χ3n) is 3.16. The first-order valence-corrected chi connectivity index (χ1v) is 9.49. The van der Waals surface area contributed by atoms with Crippen molar-refractivity contribution < 1.29 is 9.53 Å². The average Bonchev–Trinajstić information content (AvgIpc) is 2.63. The highest BCUT2D eigenvalue weighted by molar-refractivity contribution is 14.1. The topological polar surface area (TPSA) is 82.4 Å². The van der Waals surface area contributed by atoms with E-state index in [2.05, 4.69) is 32.6 Å². The molecule has 0 saturated heterocycles. The Bertz CT molecular complexity index is 845. The molecule has 2 rings (SSSR count). The summed E-state index contributed by atoms with van der Waals surface area (Å²) < 4.78 is 5.61. The number of carbonyl (C=O) groups is 1. The lowest BCUT2D eigenvalue weighted by Crippen LogP contribution is -2.46. The molecule has 2 aromatic rings. The summed E-state index contributed by atoms with van der Waals surface area (Å²) in [5.41, 5.74) is 0.458. The van der Waals surface area contributed by atoms with Crippen LogP contribution in [0.1, 0.15) is 5.56 Å². The Morgan fingerprint density at radius 2 is 2.20 bits per heavy atom. The largest absolute Gasteiger partial charge is 0.451 e. The highest BCUT2D eigenvalue weighted by Crippen LogP contribution is 2.33. The van der Waals surface area contributed by atoms with Gasteiger partial charge in [0.1, 0.15) is 11.8 Å². The second-order valence-electron chi connectivity index (χ2n) is 4.58. The number of carbonyl (C=O) groups excluding carboxylic acids is 1. The fourth-order valence-corrected chi connectivity index (χ4v) is 3.23. The Morgan fingerprint density at radius 3 is 2.80 bits per heavy atom. The maximum absolute atomic E-state index is 12.5. The molecule has 25 heavy (non-hydrogen) atoms. The first-order chi connectivity index (χ1) is 11.9. The van der Waals surface area contributed by atoms with Crippen LogP contribution in [0.5, 0.6) is 0 Å². The van der Waals surface area contributed by atoms with Gasteiger partial charge in [0.25, 0.3) is 0 Å². The Labute approximate surface area is 168 Å². The molecule has 1 heterocycles. The molecule has 1 aromatic carbocycles. The minimum absolute atomic E-state index is 0.223. The molecule has 0 radical (unpaired) electrons. The summed E-state index contributed by atoms with van der Waals surface area (Å²) in [5.74, 6) is 0.481. The van der Waals surface area contributed by atoms with Gasteiger partial charge in [-0.15, -0.1) is 0 Å². The van der Waals surface area contributed by atoms with Gasteiger partial charge in [-0.25, -0.2) is 14.8 Å². The van der Waals surface area contributed by atoms with Gasteiger partial charge in [0.2, 0.25) is 0 Å². The number of hydrogen-bond acceptors (Lipinski definition) is 7. The van der Waals surface area contributed by atoms with Crippen LogP contribution in [0.2, 0.25) is 5.02 Å². The summed E-state index contributed by atoms with van der Waals surface area (Å²) in [6, 6.07) is 6.85. The molecule has 0 unspecified atom stereocenters. The molecule has 0 aliphatic heterocycles. The molecule has 0 aliphatic rings. The highest BCUT2D eigenvalue weighted by atomic mass is 127. The van der Waals surface area contributed by atoms with Crippen LogP contribution < -0.4 is 10.0 Å². The molecule has 0 fully saturated rings. The molecule has 1 amide bonds. The Balaban J connectivity index is 2.64. The Morgan fingerprint density at radius 1 is 1.48 bits per heavy atom. The molecule has 130 valence electrons. The molecular weight excluding hydrogens is 477 g/mol. The van der Waals surface area contributed by atoms with Crippen molar-refractivity contribution in [3.8, 4) is 6.07 Å². The van der Waals surface area contributed by atoms with Crippen molar-refractivity contribution in [2.45, 2.75) is 5.16 Å². The van der Waals surface area contributed by atoms with E-state index in [1.54, 1.807) is 31.4 Å². The SMILES string of the molecule is COC(=O)N(c1c(Cl)cccc1C#N)N(C)c1nc(SC)ncc1I. The Hall–Kier alpha value is -1.77. The van der Waals surface area contributed by atoms with Crippen LogP contribution in [0.3, 0.4) is 0 Å². The minimum Gasteiger partial charge on any atom is -0.451 e. The van der Waals surface area contributed by atoms with Gasteiger partial charge in [-0.3, -0.25) is 5.01 Å². The van der Waals surface area contributed by atoms with E-state index in [1.165, 1.54) is 28.9 Å². The van der Waals surface area contributed by atoms with Crippen LogP contribution in [-0.4, -0.2) is 36.5 Å². The number of hydrogen-bond donors (Lipinski definition) is 0. The van der Waals surface area contributed by atoms with Crippen molar-refractivity contribution in [2.75, 3.05) is 30.4 Å². The van der Waals surface area contributed by atoms with Gasteiger partial charge in [-0.2, -0.15) is 10.3 Å². The second kappa shape index (κ2) is 8.55. The third-order valence-corrected chi connectivity index (χ3v) is 4.79. The monoisotopic (exact) mass is 489 g/mol. The molecule has 0 aliphatic carbocycles. The van der Waals surface area contributed by atoms with E-state index >= 15 is 0 Å². The van der Waals surface area contributed by atoms with Crippen LogP contribution in [0.15, 0.2) is 29.6 Å². The van der Waals surface area contributed by atoms with Crippen LogP contribution in [-0.2, 0) is 4.74 Å². The first-order valence-electron chi connectivity index (χ1n) is 6.81. The molecule has 0 bridgehead atoms. The number of nitriles is 1. The van der Waals surface area contributed by atoms with Gasteiger partial charge in [0, 0.05) is 13.2 Å². The van der Waals surface area contributed by atoms with Gasteiger partial charge in [0.05, 0.1) is 21.3 Å². The number of halogens is 2. The summed E-state index contributed by atoms with van der Waals surface area (Å²) >= 11 is 9.71. The van der Waals surface area contributed by atoms with Gasteiger partial charge in [-0.1, -0.05) is 29.4 Å². The van der Waals surface area contributed by atoms with Crippen molar-refractivity contribution in [2.24, 2.45) is 0 Å². The van der Waals surface area contributed by atoms with Crippen LogP contribution in [0, 0.1) is 14.9 Å². The lowest BCUT2D eigenvalue weighted by Gasteiger charge is -2.32. The van der Waals surface area contributed by atoms with E-state index in [0.29, 0.717) is 11.0 Å². The van der Waals surface area contributed by atoms with Crippen molar-refractivity contribution in [3.63, 3.8) is 0 Å². The van der Waals surface area contributed by atoms with Crippen molar-refractivity contribution in [3.05, 3.63) is 38.6 Å². The normalized spacial score (nSPS) is 10.1. The zero-order valence-corrected chi connectivity index (χ0v) is 17.3. The standard InChI is InChI=1S/C15H13ClIN5O2S/c1-21(13-11(17)8-19-14(20-13)25-3)22(15(23)24-2)12-9(7-18)5-4-6-10(12)16/h4-6,8H,1-3H3. The maximum Gasteiger partial charge on any atom is 0.433 e. The summed E-state index contributed by atoms with van der Waals surface area (Å²) in [7, 11) is 2.89. The molecule has 7 nitrogen and oxygen atoms in total. The van der Waals surface area contributed by atoms with Crippen molar-refractivity contribution in [1.29, 1.82) is 5.26 Å². The van der Waals surface area contributed by atoms with Gasteiger partial charge < -0.3 is 4.74 Å². The Kier molecular flexibility index (Phi) is 6.69. The predicted molar refractivity (Wildman–Crippen MR) is 106 cm³/mol. The molecule has 0 atom stereocenters. The molecule has 1 aromatic heterocycles. The zero-order valence-electron chi connectivity index (χ0n) is 13.5. The second-order valence-corrected chi connectivity index (χ2v) is 6.92. The van der Waals surface area contributed by atoms with E-state index in [0.717, 1.165) is 3.57 Å². The highest BCUT2D eigenvalue weighted by Gasteiger charge is 2.29. The number of thioether (sulfide) groups is 1. The zero-order chi connectivity index (χ0) is 18.6. The van der Waals surface area contributed by atoms with Crippen LogP contribution >= 0.6 is 46.0 Å².